The van der Waals surface area contributed by atoms with Crippen LogP contribution in [0.15, 0.2) is 48.7 Å². The molecule has 0 aliphatic carbocycles. The molecule has 1 N–H and O–H groups in total. The van der Waals surface area contributed by atoms with E-state index < -0.39 is 4.92 Å². The van der Waals surface area contributed by atoms with Crippen molar-refractivity contribution in [3.8, 4) is 0 Å². The highest BCUT2D eigenvalue weighted by Gasteiger charge is 2.03. The predicted octanol–water partition coefficient (Wildman–Crippen LogP) is 2.71. The minimum absolute atomic E-state index is 0.0126. The SMILES string of the molecule is CN(C)c1ccc(NC(=O)/C=C/c2ccc([N+](=O)[O-])cc2)cn1. The lowest BCUT2D eigenvalue weighted by Crippen LogP contribution is -2.12. The van der Waals surface area contributed by atoms with Crippen molar-refractivity contribution < 1.29 is 9.72 Å². The van der Waals surface area contributed by atoms with Gasteiger partial charge in [-0.05, 0) is 35.9 Å². The number of hydrogen-bond donors (Lipinski definition) is 1. The van der Waals surface area contributed by atoms with E-state index in [1.807, 2.05) is 19.0 Å². The molecule has 0 saturated carbocycles. The summed E-state index contributed by atoms with van der Waals surface area (Å²) in [5.74, 6) is 0.493. The first-order chi connectivity index (χ1) is 11.0. The monoisotopic (exact) mass is 312 g/mol. The molecule has 0 aliphatic rings. The lowest BCUT2D eigenvalue weighted by Gasteiger charge is -2.11. The molecule has 1 aromatic carbocycles. The number of amides is 1. The van der Waals surface area contributed by atoms with Crippen LogP contribution < -0.4 is 10.2 Å². The molecule has 0 unspecified atom stereocenters. The topological polar surface area (TPSA) is 88.4 Å². The summed E-state index contributed by atoms with van der Waals surface area (Å²) < 4.78 is 0. The van der Waals surface area contributed by atoms with Gasteiger partial charge in [-0.2, -0.15) is 0 Å². The van der Waals surface area contributed by atoms with Crippen molar-refractivity contribution in [3.63, 3.8) is 0 Å². The fraction of sp³-hybridized carbons (Fsp3) is 0.125. The summed E-state index contributed by atoms with van der Waals surface area (Å²) >= 11 is 0. The van der Waals surface area contributed by atoms with Crippen LogP contribution in [0.3, 0.4) is 0 Å². The van der Waals surface area contributed by atoms with Gasteiger partial charge in [-0.25, -0.2) is 4.98 Å². The summed E-state index contributed by atoms with van der Waals surface area (Å²) in [6.07, 6.45) is 4.52. The third-order valence-corrected chi connectivity index (χ3v) is 3.00. The number of aromatic nitrogens is 1. The Labute approximate surface area is 133 Å². The summed E-state index contributed by atoms with van der Waals surface area (Å²) in [4.78, 5) is 28.0. The van der Waals surface area contributed by atoms with Crippen LogP contribution in [-0.2, 0) is 4.79 Å². The Morgan fingerprint density at radius 3 is 2.43 bits per heavy atom. The predicted molar refractivity (Wildman–Crippen MR) is 89.3 cm³/mol. The molecule has 0 fully saturated rings. The number of non-ortho nitro benzene ring substituents is 1. The molecule has 1 aromatic heterocycles. The molecule has 7 heteroatoms. The van der Waals surface area contributed by atoms with Crippen molar-refractivity contribution in [1.29, 1.82) is 0 Å². The van der Waals surface area contributed by atoms with Crippen molar-refractivity contribution in [1.82, 2.24) is 4.98 Å². The van der Waals surface area contributed by atoms with Gasteiger partial charge in [0.15, 0.2) is 0 Å². The van der Waals surface area contributed by atoms with E-state index in [0.717, 1.165) is 5.82 Å². The molecule has 0 saturated heterocycles. The highest BCUT2D eigenvalue weighted by Crippen LogP contribution is 2.14. The maximum absolute atomic E-state index is 11.8. The first kappa shape index (κ1) is 16.2. The molecule has 0 spiro atoms. The highest BCUT2D eigenvalue weighted by molar-refractivity contribution is 6.01. The van der Waals surface area contributed by atoms with Gasteiger partial charge in [0.2, 0.25) is 5.91 Å². The quantitative estimate of drug-likeness (QED) is 0.521. The van der Waals surface area contributed by atoms with Crippen molar-refractivity contribution in [3.05, 3.63) is 64.3 Å². The van der Waals surface area contributed by atoms with Gasteiger partial charge in [0.25, 0.3) is 5.69 Å². The molecule has 2 aromatic rings. The van der Waals surface area contributed by atoms with Gasteiger partial charge in [-0.15, -0.1) is 0 Å². The normalized spacial score (nSPS) is 10.5. The Morgan fingerprint density at radius 2 is 1.91 bits per heavy atom. The minimum atomic E-state index is -0.468. The first-order valence-corrected chi connectivity index (χ1v) is 6.82. The van der Waals surface area contributed by atoms with Gasteiger partial charge in [-0.3, -0.25) is 14.9 Å². The number of nitrogens with one attached hydrogen (secondary N) is 1. The fourth-order valence-electron chi connectivity index (χ4n) is 1.79. The zero-order valence-corrected chi connectivity index (χ0v) is 12.8. The van der Waals surface area contributed by atoms with Crippen molar-refractivity contribution in [2.24, 2.45) is 0 Å². The van der Waals surface area contributed by atoms with Gasteiger partial charge >= 0.3 is 0 Å². The average molecular weight is 312 g/mol. The number of hydrogen-bond acceptors (Lipinski definition) is 5. The first-order valence-electron chi connectivity index (χ1n) is 6.82. The molecule has 7 nitrogen and oxygen atoms in total. The van der Waals surface area contributed by atoms with E-state index in [0.29, 0.717) is 11.3 Å². The van der Waals surface area contributed by atoms with Crippen LogP contribution in [-0.4, -0.2) is 29.9 Å². The Kier molecular flexibility index (Phi) is 5.03. The molecular formula is C16H16N4O3. The van der Waals surface area contributed by atoms with Crippen LogP contribution in [0.2, 0.25) is 0 Å². The summed E-state index contributed by atoms with van der Waals surface area (Å²) in [5.41, 5.74) is 1.31. The summed E-state index contributed by atoms with van der Waals surface area (Å²) in [7, 11) is 3.76. The summed E-state index contributed by atoms with van der Waals surface area (Å²) in [5, 5.41) is 13.3. The van der Waals surface area contributed by atoms with Crippen LogP contribution in [0.5, 0.6) is 0 Å². The van der Waals surface area contributed by atoms with E-state index >= 15 is 0 Å². The smallest absolute Gasteiger partial charge is 0.269 e. The standard InChI is InChI=1S/C16H16N4O3/c1-19(2)15-9-6-13(11-17-15)18-16(21)10-5-12-3-7-14(8-4-12)20(22)23/h3-11H,1-2H3,(H,18,21)/b10-5+. The summed E-state index contributed by atoms with van der Waals surface area (Å²) in [6, 6.07) is 9.50. The Morgan fingerprint density at radius 1 is 1.22 bits per heavy atom. The highest BCUT2D eigenvalue weighted by atomic mass is 16.6. The second kappa shape index (κ2) is 7.17. The van der Waals surface area contributed by atoms with E-state index in [2.05, 4.69) is 10.3 Å². The van der Waals surface area contributed by atoms with Gasteiger partial charge in [0, 0.05) is 32.3 Å². The molecule has 0 atom stereocenters. The van der Waals surface area contributed by atoms with E-state index in [4.69, 9.17) is 0 Å². The van der Waals surface area contributed by atoms with Crippen LogP contribution >= 0.6 is 0 Å². The van der Waals surface area contributed by atoms with Crippen molar-refractivity contribution >= 4 is 29.2 Å². The van der Waals surface area contributed by atoms with Crippen molar-refractivity contribution in [2.75, 3.05) is 24.3 Å². The molecule has 1 heterocycles. The lowest BCUT2D eigenvalue weighted by molar-refractivity contribution is -0.384. The maximum atomic E-state index is 11.8. The zero-order valence-electron chi connectivity index (χ0n) is 12.8. The molecule has 1 amide bonds. The molecule has 0 aliphatic heterocycles. The number of pyridine rings is 1. The number of anilines is 2. The number of rotatable bonds is 5. The Balaban J connectivity index is 1.97. The van der Waals surface area contributed by atoms with Gasteiger partial charge in [0.05, 0.1) is 16.8 Å². The van der Waals surface area contributed by atoms with Crippen LogP contribution in [0.25, 0.3) is 6.08 Å². The van der Waals surface area contributed by atoms with E-state index in [1.54, 1.807) is 36.5 Å². The summed E-state index contributed by atoms with van der Waals surface area (Å²) in [6.45, 7) is 0. The second-order valence-electron chi connectivity index (χ2n) is 4.97. The average Bonchev–Trinajstić information content (AvgIpc) is 2.54. The van der Waals surface area contributed by atoms with E-state index in [9.17, 15) is 14.9 Å². The molecule has 118 valence electrons. The van der Waals surface area contributed by atoms with Crippen LogP contribution in [0.4, 0.5) is 17.2 Å². The number of benzene rings is 1. The number of nitro groups is 1. The maximum Gasteiger partial charge on any atom is 0.269 e. The molecule has 0 radical (unpaired) electrons. The zero-order chi connectivity index (χ0) is 16.8. The number of nitrogens with zero attached hydrogens (tertiary/aromatic N) is 3. The third-order valence-electron chi connectivity index (χ3n) is 3.00. The molecule has 0 bridgehead atoms. The minimum Gasteiger partial charge on any atom is -0.363 e. The number of carbonyl (C=O) groups excluding carboxylic acids is 1. The molecule has 2 rings (SSSR count). The van der Waals surface area contributed by atoms with E-state index in [1.165, 1.54) is 18.2 Å². The Bertz CT molecular complexity index is 722. The second-order valence-corrected chi connectivity index (χ2v) is 4.97. The van der Waals surface area contributed by atoms with E-state index in [-0.39, 0.29) is 11.6 Å². The number of carbonyl (C=O) groups is 1. The van der Waals surface area contributed by atoms with Gasteiger partial charge < -0.3 is 10.2 Å². The van der Waals surface area contributed by atoms with Crippen LogP contribution in [0, 0.1) is 10.1 Å². The van der Waals surface area contributed by atoms with Gasteiger partial charge in [0.1, 0.15) is 5.82 Å². The van der Waals surface area contributed by atoms with Crippen LogP contribution in [0.1, 0.15) is 5.56 Å². The largest absolute Gasteiger partial charge is 0.363 e. The fourth-order valence-corrected chi connectivity index (χ4v) is 1.79. The lowest BCUT2D eigenvalue weighted by atomic mass is 10.2. The van der Waals surface area contributed by atoms with Crippen molar-refractivity contribution in [2.45, 2.75) is 0 Å². The molecular weight excluding hydrogens is 296 g/mol. The number of nitro benzene ring substituents is 1. The molecule has 23 heavy (non-hydrogen) atoms. The third kappa shape index (κ3) is 4.63. The van der Waals surface area contributed by atoms with Gasteiger partial charge in [-0.1, -0.05) is 0 Å². The Hall–Kier alpha value is -3.22.